The van der Waals surface area contributed by atoms with Crippen LogP contribution < -0.4 is 10.2 Å². The molecule has 1 aliphatic rings. The van der Waals surface area contributed by atoms with Gasteiger partial charge in [0.25, 0.3) is 5.91 Å². The van der Waals surface area contributed by atoms with E-state index in [0.29, 0.717) is 15.6 Å². The molecule has 1 saturated carbocycles. The lowest BCUT2D eigenvalue weighted by Crippen LogP contribution is -2.44. The van der Waals surface area contributed by atoms with Gasteiger partial charge in [0.15, 0.2) is 0 Å². The molecule has 1 N–H and O–H groups in total. The largest absolute Gasteiger partial charge is 0.352 e. The van der Waals surface area contributed by atoms with E-state index in [2.05, 4.69) is 5.32 Å². The van der Waals surface area contributed by atoms with Crippen LogP contribution in [0.1, 0.15) is 46.7 Å². The number of hydrogen-bond donors (Lipinski definition) is 1. The Kier molecular flexibility index (Phi) is 6.33. The number of carbonyl (C=O) groups is 2. The molecule has 2 aromatic rings. The second-order valence-electron chi connectivity index (χ2n) is 6.68. The van der Waals surface area contributed by atoms with Crippen molar-refractivity contribution in [2.75, 3.05) is 11.4 Å². The number of halogens is 1. The van der Waals surface area contributed by atoms with Crippen LogP contribution in [0, 0.1) is 6.92 Å². The Labute approximate surface area is 163 Å². The SMILES string of the molecule is Cc1ccc(C(=O)N(CC(=O)NC2CCCCC2)c2ccc(Cl)cc2)s1. The molecule has 1 aliphatic carbocycles. The number of hydrogen-bond acceptors (Lipinski definition) is 3. The highest BCUT2D eigenvalue weighted by Crippen LogP contribution is 2.24. The lowest BCUT2D eigenvalue weighted by molar-refractivity contribution is -0.120. The minimum atomic E-state index is -0.163. The average Bonchev–Trinajstić information content (AvgIpc) is 3.07. The first kappa shape index (κ1) is 18.9. The zero-order valence-corrected chi connectivity index (χ0v) is 16.4. The molecule has 0 unspecified atom stereocenters. The van der Waals surface area contributed by atoms with Gasteiger partial charge in [0.05, 0.1) is 4.88 Å². The molecule has 0 spiro atoms. The summed E-state index contributed by atoms with van der Waals surface area (Å²) < 4.78 is 0. The summed E-state index contributed by atoms with van der Waals surface area (Å²) in [5, 5.41) is 3.68. The van der Waals surface area contributed by atoms with E-state index in [1.165, 1.54) is 22.7 Å². The molecule has 2 amide bonds. The van der Waals surface area contributed by atoms with Crippen LogP contribution in [-0.4, -0.2) is 24.4 Å². The molecule has 0 saturated heterocycles. The van der Waals surface area contributed by atoms with Crippen LogP contribution in [0.25, 0.3) is 0 Å². The normalized spacial score (nSPS) is 14.8. The predicted molar refractivity (Wildman–Crippen MR) is 107 cm³/mol. The first-order valence-electron chi connectivity index (χ1n) is 8.96. The van der Waals surface area contributed by atoms with Crippen molar-refractivity contribution in [2.24, 2.45) is 0 Å². The van der Waals surface area contributed by atoms with Crippen LogP contribution in [0.3, 0.4) is 0 Å². The lowest BCUT2D eigenvalue weighted by Gasteiger charge is -2.26. The number of nitrogens with one attached hydrogen (secondary N) is 1. The maximum atomic E-state index is 13.0. The maximum absolute atomic E-state index is 13.0. The third-order valence-corrected chi connectivity index (χ3v) is 5.85. The zero-order valence-electron chi connectivity index (χ0n) is 14.8. The minimum Gasteiger partial charge on any atom is -0.352 e. The van der Waals surface area contributed by atoms with Gasteiger partial charge >= 0.3 is 0 Å². The fraction of sp³-hybridized carbons (Fsp3) is 0.400. The number of benzene rings is 1. The van der Waals surface area contributed by atoms with Gasteiger partial charge < -0.3 is 5.32 Å². The van der Waals surface area contributed by atoms with Gasteiger partial charge in [-0.2, -0.15) is 0 Å². The molecule has 1 fully saturated rings. The maximum Gasteiger partial charge on any atom is 0.268 e. The van der Waals surface area contributed by atoms with E-state index in [4.69, 9.17) is 11.6 Å². The van der Waals surface area contributed by atoms with E-state index in [9.17, 15) is 9.59 Å². The second kappa shape index (κ2) is 8.69. The van der Waals surface area contributed by atoms with Crippen molar-refractivity contribution in [3.8, 4) is 0 Å². The fourth-order valence-electron chi connectivity index (χ4n) is 3.25. The molecule has 1 aromatic carbocycles. The third-order valence-electron chi connectivity index (χ3n) is 4.61. The molecule has 26 heavy (non-hydrogen) atoms. The van der Waals surface area contributed by atoms with E-state index < -0.39 is 0 Å². The Morgan fingerprint density at radius 1 is 1.12 bits per heavy atom. The van der Waals surface area contributed by atoms with Crippen LogP contribution in [0.2, 0.25) is 5.02 Å². The Morgan fingerprint density at radius 3 is 2.42 bits per heavy atom. The van der Waals surface area contributed by atoms with Gasteiger partial charge in [-0.15, -0.1) is 11.3 Å². The van der Waals surface area contributed by atoms with E-state index in [1.54, 1.807) is 24.3 Å². The summed E-state index contributed by atoms with van der Waals surface area (Å²) in [7, 11) is 0. The van der Waals surface area contributed by atoms with Crippen LogP contribution in [0.4, 0.5) is 5.69 Å². The fourth-order valence-corrected chi connectivity index (χ4v) is 4.19. The van der Waals surface area contributed by atoms with E-state index in [-0.39, 0.29) is 24.4 Å². The topological polar surface area (TPSA) is 49.4 Å². The van der Waals surface area contributed by atoms with E-state index in [0.717, 1.165) is 30.6 Å². The highest BCUT2D eigenvalue weighted by atomic mass is 35.5. The average molecular weight is 391 g/mol. The molecular formula is C20H23ClN2O2S. The lowest BCUT2D eigenvalue weighted by atomic mass is 9.95. The van der Waals surface area contributed by atoms with Crippen LogP contribution >= 0.6 is 22.9 Å². The smallest absolute Gasteiger partial charge is 0.268 e. The molecule has 3 rings (SSSR count). The highest BCUT2D eigenvalue weighted by molar-refractivity contribution is 7.14. The number of rotatable bonds is 5. The molecule has 0 bridgehead atoms. The molecule has 0 aliphatic heterocycles. The first-order chi connectivity index (χ1) is 12.5. The predicted octanol–water partition coefficient (Wildman–Crippen LogP) is 4.81. The van der Waals surface area contributed by atoms with Crippen molar-refractivity contribution in [1.29, 1.82) is 0 Å². The van der Waals surface area contributed by atoms with Crippen LogP contribution in [-0.2, 0) is 4.79 Å². The van der Waals surface area contributed by atoms with Gasteiger partial charge in [-0.05, 0) is 56.2 Å². The molecule has 6 heteroatoms. The highest BCUT2D eigenvalue weighted by Gasteiger charge is 2.23. The van der Waals surface area contributed by atoms with E-state index >= 15 is 0 Å². The molecule has 1 heterocycles. The summed E-state index contributed by atoms with van der Waals surface area (Å²) in [6.45, 7) is 1.97. The molecular weight excluding hydrogens is 368 g/mol. The van der Waals surface area contributed by atoms with Gasteiger partial charge in [0.1, 0.15) is 6.54 Å². The monoisotopic (exact) mass is 390 g/mol. The molecule has 4 nitrogen and oxygen atoms in total. The number of carbonyl (C=O) groups excluding carboxylic acids is 2. The van der Waals surface area contributed by atoms with Crippen molar-refractivity contribution in [3.63, 3.8) is 0 Å². The molecule has 0 atom stereocenters. The van der Waals surface area contributed by atoms with Crippen molar-refractivity contribution in [2.45, 2.75) is 45.1 Å². The second-order valence-corrected chi connectivity index (χ2v) is 8.40. The minimum absolute atomic E-state index is 0.00785. The van der Waals surface area contributed by atoms with Crippen LogP contribution in [0.5, 0.6) is 0 Å². The molecule has 138 valence electrons. The first-order valence-corrected chi connectivity index (χ1v) is 10.2. The van der Waals surface area contributed by atoms with Crippen molar-refractivity contribution >= 4 is 40.4 Å². The van der Waals surface area contributed by atoms with Gasteiger partial charge in [-0.1, -0.05) is 30.9 Å². The van der Waals surface area contributed by atoms with Gasteiger partial charge in [0.2, 0.25) is 5.91 Å². The summed E-state index contributed by atoms with van der Waals surface area (Å²) in [6.07, 6.45) is 5.58. The van der Waals surface area contributed by atoms with Crippen LogP contribution in [0.15, 0.2) is 36.4 Å². The Hall–Kier alpha value is -1.85. The van der Waals surface area contributed by atoms with Gasteiger partial charge in [0, 0.05) is 21.6 Å². The summed E-state index contributed by atoms with van der Waals surface area (Å²) in [6, 6.07) is 11.0. The summed E-state index contributed by atoms with van der Waals surface area (Å²) in [4.78, 5) is 28.8. The van der Waals surface area contributed by atoms with Gasteiger partial charge in [-0.3, -0.25) is 14.5 Å². The van der Waals surface area contributed by atoms with Crippen molar-refractivity contribution in [3.05, 3.63) is 51.2 Å². The van der Waals surface area contributed by atoms with Gasteiger partial charge in [-0.25, -0.2) is 0 Å². The summed E-state index contributed by atoms with van der Waals surface area (Å²) >= 11 is 7.41. The summed E-state index contributed by atoms with van der Waals surface area (Å²) in [5.74, 6) is -0.280. The number of aryl methyl sites for hydroxylation is 1. The van der Waals surface area contributed by atoms with Crippen molar-refractivity contribution in [1.82, 2.24) is 5.32 Å². The number of anilines is 1. The van der Waals surface area contributed by atoms with Crippen molar-refractivity contribution < 1.29 is 9.59 Å². The molecule has 1 aromatic heterocycles. The standard InChI is InChI=1S/C20H23ClN2O2S/c1-14-7-12-18(26-14)20(25)23(17-10-8-15(21)9-11-17)13-19(24)22-16-5-3-2-4-6-16/h7-12,16H,2-6,13H2,1H3,(H,22,24). The summed E-state index contributed by atoms with van der Waals surface area (Å²) in [5.41, 5.74) is 0.671. The van der Waals surface area contributed by atoms with E-state index in [1.807, 2.05) is 19.1 Å². The molecule has 0 radical (unpaired) electrons. The quantitative estimate of drug-likeness (QED) is 0.796. The number of thiophene rings is 1. The Morgan fingerprint density at radius 2 is 1.81 bits per heavy atom. The number of nitrogens with zero attached hydrogens (tertiary/aromatic N) is 1. The number of amides is 2. The Balaban J connectivity index is 1.77. The third kappa shape index (κ3) is 4.86. The zero-order chi connectivity index (χ0) is 18.5. The Bertz CT molecular complexity index is 766.